The Hall–Kier alpha value is -1.05. The minimum Gasteiger partial charge on any atom is -0.489 e. The second-order valence-corrected chi connectivity index (χ2v) is 4.41. The smallest absolute Gasteiger partial charge is 0.188 e. The molecular formula is C13H21FIN3O. The standard InChI is InChI=1S/C13H20FN3O.HI/c1-9(2)17-13(15)16-8-10(3)18-12-6-4-11(14)5-7-12;/h4-7,9-10H,8H2,1-3H3,(H3,15,16,17);1H. The Kier molecular flexibility index (Phi) is 8.46. The number of nitrogens with two attached hydrogens (primary N) is 1. The van der Waals surface area contributed by atoms with E-state index in [0.717, 1.165) is 0 Å². The van der Waals surface area contributed by atoms with Gasteiger partial charge in [0.1, 0.15) is 17.7 Å². The SMILES string of the molecule is CC(C)NC(N)=NCC(C)Oc1ccc(F)cc1.I. The number of guanidine groups is 1. The summed E-state index contributed by atoms with van der Waals surface area (Å²) in [5.74, 6) is 0.743. The van der Waals surface area contributed by atoms with Crippen molar-refractivity contribution >= 4 is 29.9 Å². The van der Waals surface area contributed by atoms with Gasteiger partial charge in [-0.3, -0.25) is 0 Å². The summed E-state index contributed by atoms with van der Waals surface area (Å²) < 4.78 is 18.3. The molecule has 6 heteroatoms. The predicted octanol–water partition coefficient (Wildman–Crippen LogP) is 2.52. The third kappa shape index (κ3) is 7.86. The highest BCUT2D eigenvalue weighted by atomic mass is 127. The van der Waals surface area contributed by atoms with Crippen molar-refractivity contribution in [2.24, 2.45) is 10.7 Å². The minimum atomic E-state index is -0.279. The molecule has 1 aromatic carbocycles. The molecule has 0 aliphatic heterocycles. The molecule has 0 saturated carbocycles. The molecule has 0 heterocycles. The summed E-state index contributed by atoms with van der Waals surface area (Å²) >= 11 is 0. The lowest BCUT2D eigenvalue weighted by molar-refractivity contribution is 0.230. The van der Waals surface area contributed by atoms with Gasteiger partial charge in [-0.15, -0.1) is 24.0 Å². The number of halogens is 2. The summed E-state index contributed by atoms with van der Waals surface area (Å²) in [6, 6.07) is 6.15. The van der Waals surface area contributed by atoms with Crippen molar-refractivity contribution in [3.05, 3.63) is 30.1 Å². The zero-order valence-electron chi connectivity index (χ0n) is 11.4. The molecular weight excluding hydrogens is 360 g/mol. The fourth-order valence-electron chi connectivity index (χ4n) is 1.35. The highest BCUT2D eigenvalue weighted by molar-refractivity contribution is 14.0. The summed E-state index contributed by atoms with van der Waals surface area (Å²) in [6.45, 7) is 6.31. The zero-order valence-corrected chi connectivity index (χ0v) is 13.7. The Balaban J connectivity index is 0.00000324. The van der Waals surface area contributed by atoms with E-state index in [4.69, 9.17) is 10.5 Å². The molecule has 19 heavy (non-hydrogen) atoms. The van der Waals surface area contributed by atoms with Crippen LogP contribution in [0, 0.1) is 5.82 Å². The van der Waals surface area contributed by atoms with Crippen LogP contribution >= 0.6 is 24.0 Å². The maximum Gasteiger partial charge on any atom is 0.188 e. The molecule has 0 aliphatic rings. The lowest BCUT2D eigenvalue weighted by Crippen LogP contribution is -2.37. The normalized spacial score (nSPS) is 12.8. The molecule has 0 spiro atoms. The Morgan fingerprint density at radius 3 is 2.42 bits per heavy atom. The van der Waals surface area contributed by atoms with Gasteiger partial charge in [0.15, 0.2) is 5.96 Å². The predicted molar refractivity (Wildman–Crippen MR) is 86.7 cm³/mol. The molecule has 3 N–H and O–H groups in total. The van der Waals surface area contributed by atoms with Crippen LogP contribution in [0.5, 0.6) is 5.75 Å². The number of rotatable bonds is 5. The largest absolute Gasteiger partial charge is 0.489 e. The van der Waals surface area contributed by atoms with Gasteiger partial charge < -0.3 is 15.8 Å². The molecule has 0 radical (unpaired) electrons. The summed E-state index contributed by atoms with van der Waals surface area (Å²) in [5.41, 5.74) is 5.67. The van der Waals surface area contributed by atoms with E-state index >= 15 is 0 Å². The van der Waals surface area contributed by atoms with Crippen LogP contribution in [0.4, 0.5) is 4.39 Å². The van der Waals surface area contributed by atoms with E-state index in [1.807, 2.05) is 20.8 Å². The van der Waals surface area contributed by atoms with Gasteiger partial charge in [0, 0.05) is 6.04 Å². The molecule has 1 atom stereocenters. The van der Waals surface area contributed by atoms with Gasteiger partial charge in [-0.2, -0.15) is 0 Å². The summed E-state index contributed by atoms with van der Waals surface area (Å²) in [5, 5.41) is 2.99. The summed E-state index contributed by atoms with van der Waals surface area (Å²) in [4.78, 5) is 4.16. The quantitative estimate of drug-likeness (QED) is 0.468. The molecule has 108 valence electrons. The van der Waals surface area contributed by atoms with Gasteiger partial charge in [-0.1, -0.05) is 0 Å². The highest BCUT2D eigenvalue weighted by Crippen LogP contribution is 2.12. The van der Waals surface area contributed by atoms with E-state index in [1.54, 1.807) is 12.1 Å². The fraction of sp³-hybridized carbons (Fsp3) is 0.462. The average molecular weight is 381 g/mol. The Labute approximate surface area is 130 Å². The summed E-state index contributed by atoms with van der Waals surface area (Å²) in [7, 11) is 0. The lowest BCUT2D eigenvalue weighted by Gasteiger charge is -2.14. The van der Waals surface area contributed by atoms with Crippen molar-refractivity contribution in [1.29, 1.82) is 0 Å². The maximum atomic E-state index is 12.7. The number of hydrogen-bond acceptors (Lipinski definition) is 2. The molecule has 0 aliphatic carbocycles. The topological polar surface area (TPSA) is 59.6 Å². The van der Waals surface area contributed by atoms with E-state index in [9.17, 15) is 4.39 Å². The molecule has 0 fully saturated rings. The number of benzene rings is 1. The van der Waals surface area contributed by atoms with Crippen LogP contribution in [0.1, 0.15) is 20.8 Å². The second kappa shape index (κ2) is 8.95. The van der Waals surface area contributed by atoms with E-state index < -0.39 is 0 Å². The molecule has 1 aromatic rings. The monoisotopic (exact) mass is 381 g/mol. The number of nitrogens with zero attached hydrogens (tertiary/aromatic N) is 1. The Morgan fingerprint density at radius 1 is 1.32 bits per heavy atom. The molecule has 0 aromatic heterocycles. The highest BCUT2D eigenvalue weighted by Gasteiger charge is 2.04. The van der Waals surface area contributed by atoms with Crippen LogP contribution in [0.2, 0.25) is 0 Å². The van der Waals surface area contributed by atoms with Crippen molar-refractivity contribution in [3.8, 4) is 5.75 Å². The first-order chi connectivity index (χ1) is 8.47. The second-order valence-electron chi connectivity index (χ2n) is 4.41. The first-order valence-electron chi connectivity index (χ1n) is 5.96. The van der Waals surface area contributed by atoms with E-state index in [2.05, 4.69) is 10.3 Å². The third-order valence-electron chi connectivity index (χ3n) is 2.11. The molecule has 0 saturated heterocycles. The zero-order chi connectivity index (χ0) is 13.5. The summed E-state index contributed by atoms with van der Waals surface area (Å²) in [6.07, 6.45) is -0.122. The van der Waals surface area contributed by atoms with E-state index in [-0.39, 0.29) is 41.9 Å². The van der Waals surface area contributed by atoms with Crippen molar-refractivity contribution in [1.82, 2.24) is 5.32 Å². The first-order valence-corrected chi connectivity index (χ1v) is 5.96. The number of hydrogen-bond donors (Lipinski definition) is 2. The van der Waals surface area contributed by atoms with Crippen molar-refractivity contribution in [2.45, 2.75) is 32.9 Å². The van der Waals surface area contributed by atoms with Crippen molar-refractivity contribution in [3.63, 3.8) is 0 Å². The van der Waals surface area contributed by atoms with Gasteiger partial charge >= 0.3 is 0 Å². The average Bonchev–Trinajstić information content (AvgIpc) is 2.29. The lowest BCUT2D eigenvalue weighted by atomic mass is 10.3. The van der Waals surface area contributed by atoms with Crippen LogP contribution in [0.25, 0.3) is 0 Å². The van der Waals surface area contributed by atoms with Crippen LogP contribution in [0.3, 0.4) is 0 Å². The van der Waals surface area contributed by atoms with Gasteiger partial charge in [0.2, 0.25) is 0 Å². The maximum absolute atomic E-state index is 12.7. The number of aliphatic imine (C=N–C) groups is 1. The van der Waals surface area contributed by atoms with Crippen LogP contribution in [-0.2, 0) is 0 Å². The molecule has 1 unspecified atom stereocenters. The third-order valence-corrected chi connectivity index (χ3v) is 2.11. The molecule has 0 amide bonds. The minimum absolute atomic E-state index is 0. The first kappa shape index (κ1) is 17.9. The van der Waals surface area contributed by atoms with Crippen LogP contribution < -0.4 is 15.8 Å². The van der Waals surface area contributed by atoms with E-state index in [1.165, 1.54) is 12.1 Å². The van der Waals surface area contributed by atoms with Gasteiger partial charge in [0.25, 0.3) is 0 Å². The van der Waals surface area contributed by atoms with Gasteiger partial charge in [-0.25, -0.2) is 9.38 Å². The molecule has 1 rings (SSSR count). The van der Waals surface area contributed by atoms with E-state index in [0.29, 0.717) is 18.3 Å². The van der Waals surface area contributed by atoms with Gasteiger partial charge in [0.05, 0.1) is 6.54 Å². The van der Waals surface area contributed by atoms with Crippen molar-refractivity contribution < 1.29 is 9.13 Å². The molecule has 0 bridgehead atoms. The Bertz CT molecular complexity index is 395. The molecule has 4 nitrogen and oxygen atoms in total. The van der Waals surface area contributed by atoms with Crippen molar-refractivity contribution in [2.75, 3.05) is 6.54 Å². The number of ether oxygens (including phenoxy) is 1. The fourth-order valence-corrected chi connectivity index (χ4v) is 1.35. The van der Waals surface area contributed by atoms with Crippen LogP contribution in [0.15, 0.2) is 29.3 Å². The number of nitrogens with one attached hydrogen (secondary N) is 1. The Morgan fingerprint density at radius 2 is 1.89 bits per heavy atom. The van der Waals surface area contributed by atoms with Crippen LogP contribution in [-0.4, -0.2) is 24.7 Å². The van der Waals surface area contributed by atoms with Gasteiger partial charge in [-0.05, 0) is 45.0 Å².